The second-order valence-corrected chi connectivity index (χ2v) is 6.04. The van der Waals surface area contributed by atoms with Crippen molar-refractivity contribution in [1.29, 1.82) is 0 Å². The van der Waals surface area contributed by atoms with Gasteiger partial charge in [-0.1, -0.05) is 72.8 Å². The van der Waals surface area contributed by atoms with Crippen LogP contribution in [0.2, 0.25) is 0 Å². The summed E-state index contributed by atoms with van der Waals surface area (Å²) in [4.78, 5) is 0. The van der Waals surface area contributed by atoms with Crippen LogP contribution in [0.4, 0.5) is 0 Å². The molecule has 1 fully saturated rings. The summed E-state index contributed by atoms with van der Waals surface area (Å²) in [6.07, 6.45) is 4.88. The van der Waals surface area contributed by atoms with Crippen molar-refractivity contribution in [2.24, 2.45) is 0 Å². The fourth-order valence-corrected chi connectivity index (χ4v) is 3.15. The minimum Gasteiger partial charge on any atom is -0.361 e. The van der Waals surface area contributed by atoms with E-state index < -0.39 is 5.79 Å². The summed E-state index contributed by atoms with van der Waals surface area (Å²) >= 11 is 0. The van der Waals surface area contributed by atoms with Gasteiger partial charge in [-0.3, -0.25) is 0 Å². The zero-order valence-corrected chi connectivity index (χ0v) is 12.9. The van der Waals surface area contributed by atoms with Gasteiger partial charge in [-0.2, -0.15) is 0 Å². The Labute approximate surface area is 136 Å². The predicted molar refractivity (Wildman–Crippen MR) is 87.6 cm³/mol. The van der Waals surface area contributed by atoms with Crippen LogP contribution in [0.25, 0.3) is 0 Å². The second kappa shape index (κ2) is 6.28. The van der Waals surface area contributed by atoms with Crippen molar-refractivity contribution in [1.82, 2.24) is 0 Å². The van der Waals surface area contributed by atoms with Crippen LogP contribution >= 0.6 is 0 Å². The molecule has 4 rings (SSSR count). The molecule has 0 radical (unpaired) electrons. The zero-order valence-electron chi connectivity index (χ0n) is 12.9. The molecule has 2 unspecified atom stereocenters. The highest BCUT2D eigenvalue weighted by molar-refractivity contribution is 5.18. The molecule has 3 nitrogen and oxygen atoms in total. The first-order valence-corrected chi connectivity index (χ1v) is 8.04. The van der Waals surface area contributed by atoms with E-state index in [0.717, 1.165) is 17.5 Å². The highest BCUT2D eigenvalue weighted by Crippen LogP contribution is 2.41. The molecule has 0 aromatic heterocycles. The molecule has 118 valence electrons. The average molecular weight is 308 g/mol. The van der Waals surface area contributed by atoms with Gasteiger partial charge < -0.3 is 14.2 Å². The standard InChI is InChI=1S/C20H20O3/c1-3-7-16(8-4-1)14-21-20(13-18-11-12-19(20)23-18)22-15-17-9-5-2-6-10-17/h1-12,18-19H,13-15H2. The minimum atomic E-state index is -0.689. The van der Waals surface area contributed by atoms with E-state index in [1.54, 1.807) is 0 Å². The fraction of sp³-hybridized carbons (Fsp3) is 0.300. The van der Waals surface area contributed by atoms with Gasteiger partial charge in [-0.25, -0.2) is 0 Å². The van der Waals surface area contributed by atoms with Gasteiger partial charge in [-0.05, 0) is 11.1 Å². The van der Waals surface area contributed by atoms with E-state index in [2.05, 4.69) is 36.4 Å². The van der Waals surface area contributed by atoms with E-state index in [1.165, 1.54) is 0 Å². The molecule has 23 heavy (non-hydrogen) atoms. The van der Waals surface area contributed by atoms with Crippen molar-refractivity contribution in [3.63, 3.8) is 0 Å². The van der Waals surface area contributed by atoms with Gasteiger partial charge >= 0.3 is 0 Å². The topological polar surface area (TPSA) is 27.7 Å². The Balaban J connectivity index is 1.48. The lowest BCUT2D eigenvalue weighted by Gasteiger charge is -2.33. The minimum absolute atomic E-state index is 0.103. The number of hydrogen-bond acceptors (Lipinski definition) is 3. The quantitative estimate of drug-likeness (QED) is 0.599. The van der Waals surface area contributed by atoms with E-state index >= 15 is 0 Å². The highest BCUT2D eigenvalue weighted by atomic mass is 16.7. The van der Waals surface area contributed by atoms with Crippen LogP contribution < -0.4 is 0 Å². The van der Waals surface area contributed by atoms with Gasteiger partial charge in [0.1, 0.15) is 6.10 Å². The third-order valence-electron chi connectivity index (χ3n) is 4.39. The summed E-state index contributed by atoms with van der Waals surface area (Å²) in [6, 6.07) is 20.4. The van der Waals surface area contributed by atoms with Gasteiger partial charge in [0.15, 0.2) is 0 Å². The molecule has 2 heterocycles. The van der Waals surface area contributed by atoms with Crippen molar-refractivity contribution in [3.8, 4) is 0 Å². The molecular formula is C20H20O3. The van der Waals surface area contributed by atoms with Crippen LogP contribution in [0.3, 0.4) is 0 Å². The smallest absolute Gasteiger partial charge is 0.201 e. The molecule has 0 aliphatic carbocycles. The molecule has 2 aliphatic rings. The van der Waals surface area contributed by atoms with Crippen molar-refractivity contribution in [2.45, 2.75) is 37.6 Å². The SMILES string of the molecule is C1=CC2OC1CC2(OCc1ccccc1)OCc1ccccc1. The number of benzene rings is 2. The molecule has 0 spiro atoms. The maximum atomic E-state index is 6.23. The number of fused-ring (bicyclic) bond motifs is 2. The van der Waals surface area contributed by atoms with E-state index in [-0.39, 0.29) is 12.2 Å². The molecule has 1 saturated heterocycles. The van der Waals surface area contributed by atoms with Crippen LogP contribution in [0, 0.1) is 0 Å². The molecule has 2 bridgehead atoms. The highest BCUT2D eigenvalue weighted by Gasteiger charge is 2.52. The number of rotatable bonds is 6. The molecule has 2 aromatic rings. The lowest BCUT2D eigenvalue weighted by Crippen LogP contribution is -2.43. The summed E-state index contributed by atoms with van der Waals surface area (Å²) < 4.78 is 18.4. The van der Waals surface area contributed by atoms with Gasteiger partial charge in [0.2, 0.25) is 5.79 Å². The molecular weight excluding hydrogens is 288 g/mol. The van der Waals surface area contributed by atoms with Crippen LogP contribution in [0.5, 0.6) is 0 Å². The van der Waals surface area contributed by atoms with E-state index in [4.69, 9.17) is 14.2 Å². The second-order valence-electron chi connectivity index (χ2n) is 6.04. The normalized spacial score (nSPS) is 24.2. The molecule has 0 saturated carbocycles. The van der Waals surface area contributed by atoms with Gasteiger partial charge in [0.05, 0.1) is 19.3 Å². The lowest BCUT2D eigenvalue weighted by atomic mass is 10.00. The summed E-state index contributed by atoms with van der Waals surface area (Å²) in [5, 5.41) is 0. The van der Waals surface area contributed by atoms with Gasteiger partial charge in [0, 0.05) is 6.42 Å². The van der Waals surface area contributed by atoms with E-state index in [9.17, 15) is 0 Å². The summed E-state index contributed by atoms with van der Waals surface area (Å²) in [6.45, 7) is 1.05. The monoisotopic (exact) mass is 308 g/mol. The maximum Gasteiger partial charge on any atom is 0.201 e. The molecule has 2 atom stereocenters. The third-order valence-corrected chi connectivity index (χ3v) is 4.39. The first kappa shape index (κ1) is 14.6. The Kier molecular flexibility index (Phi) is 4.00. The summed E-state index contributed by atoms with van der Waals surface area (Å²) in [7, 11) is 0. The van der Waals surface area contributed by atoms with Crippen LogP contribution in [-0.2, 0) is 27.4 Å². The Hall–Kier alpha value is -1.94. The Morgan fingerprint density at radius 3 is 1.83 bits per heavy atom. The Bertz CT molecular complexity index is 622. The summed E-state index contributed by atoms with van der Waals surface area (Å²) in [5.74, 6) is -0.689. The zero-order chi connectivity index (χ0) is 15.5. The lowest BCUT2D eigenvalue weighted by molar-refractivity contribution is -0.262. The van der Waals surface area contributed by atoms with E-state index in [0.29, 0.717) is 13.2 Å². The maximum absolute atomic E-state index is 6.23. The molecule has 0 amide bonds. The first-order valence-electron chi connectivity index (χ1n) is 8.04. The molecule has 3 heteroatoms. The molecule has 2 aromatic carbocycles. The average Bonchev–Trinajstić information content (AvgIpc) is 3.22. The van der Waals surface area contributed by atoms with Crippen molar-refractivity contribution < 1.29 is 14.2 Å². The van der Waals surface area contributed by atoms with Crippen LogP contribution in [-0.4, -0.2) is 18.0 Å². The first-order chi connectivity index (χ1) is 11.3. The van der Waals surface area contributed by atoms with Crippen molar-refractivity contribution >= 4 is 0 Å². The Morgan fingerprint density at radius 2 is 1.39 bits per heavy atom. The van der Waals surface area contributed by atoms with Gasteiger partial charge in [0.25, 0.3) is 0 Å². The Morgan fingerprint density at radius 1 is 0.826 bits per heavy atom. The fourth-order valence-electron chi connectivity index (χ4n) is 3.15. The van der Waals surface area contributed by atoms with Crippen LogP contribution in [0.15, 0.2) is 72.8 Å². The number of ether oxygens (including phenoxy) is 3. The largest absolute Gasteiger partial charge is 0.361 e. The summed E-state index contributed by atoms with van der Waals surface area (Å²) in [5.41, 5.74) is 2.28. The van der Waals surface area contributed by atoms with Crippen molar-refractivity contribution in [3.05, 3.63) is 83.9 Å². The van der Waals surface area contributed by atoms with Gasteiger partial charge in [-0.15, -0.1) is 0 Å². The predicted octanol–water partition coefficient (Wildman–Crippen LogP) is 3.84. The third kappa shape index (κ3) is 3.08. The molecule has 2 aliphatic heterocycles. The van der Waals surface area contributed by atoms with Crippen LogP contribution in [0.1, 0.15) is 17.5 Å². The van der Waals surface area contributed by atoms with E-state index in [1.807, 2.05) is 36.4 Å². The number of hydrogen-bond donors (Lipinski definition) is 0. The van der Waals surface area contributed by atoms with Crippen molar-refractivity contribution in [2.75, 3.05) is 0 Å². The molecule has 0 N–H and O–H groups in total.